The lowest BCUT2D eigenvalue weighted by atomic mass is 10.0. The zero-order valence-electron chi connectivity index (χ0n) is 12.2. The second-order valence-corrected chi connectivity index (χ2v) is 4.82. The molecule has 0 fully saturated rings. The number of ether oxygens (including phenoxy) is 2. The third-order valence-corrected chi connectivity index (χ3v) is 2.71. The first-order valence-electron chi connectivity index (χ1n) is 6.73. The van der Waals surface area contributed by atoms with Crippen LogP contribution in [-0.2, 0) is 9.53 Å². The summed E-state index contributed by atoms with van der Waals surface area (Å²) in [6, 6.07) is 7.73. The molecule has 4 heteroatoms. The summed E-state index contributed by atoms with van der Waals surface area (Å²) in [6.45, 7) is 5.98. The summed E-state index contributed by atoms with van der Waals surface area (Å²) in [5.41, 5.74) is 1.23. The van der Waals surface area contributed by atoms with E-state index in [1.165, 1.54) is 11.6 Å². The predicted molar refractivity (Wildman–Crippen MR) is 77.8 cm³/mol. The van der Waals surface area contributed by atoms with E-state index in [0.29, 0.717) is 11.7 Å². The van der Waals surface area contributed by atoms with Gasteiger partial charge in [0.1, 0.15) is 25.1 Å². The summed E-state index contributed by atoms with van der Waals surface area (Å²) in [5.74, 6) is 0.696. The van der Waals surface area contributed by atoms with Gasteiger partial charge < -0.3 is 14.6 Å². The number of aliphatic hydroxyl groups excluding tert-OH is 1. The van der Waals surface area contributed by atoms with Gasteiger partial charge in [-0.25, -0.2) is 4.79 Å². The molecule has 0 heterocycles. The number of rotatable bonds is 7. The topological polar surface area (TPSA) is 55.8 Å². The highest BCUT2D eigenvalue weighted by molar-refractivity contribution is 5.81. The highest BCUT2D eigenvalue weighted by Gasteiger charge is 2.08. The summed E-state index contributed by atoms with van der Waals surface area (Å²) in [4.78, 5) is 11.1. The average Bonchev–Trinajstić information content (AvgIpc) is 2.43. The third-order valence-electron chi connectivity index (χ3n) is 2.71. The number of carbonyl (C=O) groups excluding carboxylic acids is 1. The van der Waals surface area contributed by atoms with Gasteiger partial charge in [0.2, 0.25) is 0 Å². The van der Waals surface area contributed by atoms with Crippen molar-refractivity contribution in [1.29, 1.82) is 0 Å². The van der Waals surface area contributed by atoms with Crippen LogP contribution in [0.25, 0.3) is 0 Å². The van der Waals surface area contributed by atoms with E-state index in [4.69, 9.17) is 9.47 Å². The van der Waals surface area contributed by atoms with Crippen LogP contribution in [0.1, 0.15) is 32.3 Å². The lowest BCUT2D eigenvalue weighted by molar-refractivity contribution is -0.141. The zero-order chi connectivity index (χ0) is 15.0. The monoisotopic (exact) mass is 278 g/mol. The van der Waals surface area contributed by atoms with Crippen LogP contribution in [0.2, 0.25) is 0 Å². The van der Waals surface area contributed by atoms with Crippen LogP contribution >= 0.6 is 0 Å². The SMILES string of the molecule is CC=CC(=O)OCC(O)COc1ccc(C(C)C)cc1. The fourth-order valence-electron chi connectivity index (χ4n) is 1.55. The summed E-state index contributed by atoms with van der Waals surface area (Å²) in [5, 5.41) is 9.64. The Kier molecular flexibility index (Phi) is 6.81. The van der Waals surface area contributed by atoms with Gasteiger partial charge in [-0.2, -0.15) is 0 Å². The number of carbonyl (C=O) groups is 1. The number of allylic oxidation sites excluding steroid dienone is 1. The van der Waals surface area contributed by atoms with E-state index in [2.05, 4.69) is 13.8 Å². The van der Waals surface area contributed by atoms with Gasteiger partial charge in [0.05, 0.1) is 0 Å². The van der Waals surface area contributed by atoms with Crippen molar-refractivity contribution in [3.8, 4) is 5.75 Å². The maximum Gasteiger partial charge on any atom is 0.330 e. The molecule has 0 aliphatic carbocycles. The van der Waals surface area contributed by atoms with Gasteiger partial charge in [-0.05, 0) is 30.5 Å². The fourth-order valence-corrected chi connectivity index (χ4v) is 1.55. The number of hydrogen-bond acceptors (Lipinski definition) is 4. The van der Waals surface area contributed by atoms with Gasteiger partial charge in [-0.3, -0.25) is 0 Å². The van der Waals surface area contributed by atoms with E-state index in [0.717, 1.165) is 0 Å². The van der Waals surface area contributed by atoms with Crippen molar-refractivity contribution in [1.82, 2.24) is 0 Å². The van der Waals surface area contributed by atoms with Gasteiger partial charge in [-0.1, -0.05) is 32.1 Å². The lowest BCUT2D eigenvalue weighted by Crippen LogP contribution is -2.24. The summed E-state index contributed by atoms with van der Waals surface area (Å²) in [7, 11) is 0. The minimum absolute atomic E-state index is 0.0761. The van der Waals surface area contributed by atoms with E-state index in [-0.39, 0.29) is 13.2 Å². The number of hydrogen-bond donors (Lipinski definition) is 1. The Balaban J connectivity index is 2.33. The molecule has 1 aromatic carbocycles. The minimum atomic E-state index is -0.839. The maximum absolute atomic E-state index is 11.1. The van der Waals surface area contributed by atoms with E-state index >= 15 is 0 Å². The Morgan fingerprint density at radius 2 is 1.90 bits per heavy atom. The molecule has 0 spiro atoms. The standard InChI is InChI=1S/C16H22O4/c1-4-5-16(18)20-11-14(17)10-19-15-8-6-13(7-9-15)12(2)3/h4-9,12,14,17H,10-11H2,1-3H3. The Morgan fingerprint density at radius 1 is 1.25 bits per heavy atom. The van der Waals surface area contributed by atoms with Gasteiger partial charge in [-0.15, -0.1) is 0 Å². The molecule has 0 aliphatic rings. The molecule has 4 nitrogen and oxygen atoms in total. The van der Waals surface area contributed by atoms with Crippen molar-refractivity contribution in [2.24, 2.45) is 0 Å². The van der Waals surface area contributed by atoms with Gasteiger partial charge in [0.15, 0.2) is 0 Å². The molecule has 0 amide bonds. The average molecular weight is 278 g/mol. The summed E-state index contributed by atoms with van der Waals surface area (Å²) in [6.07, 6.45) is 2.05. The molecular formula is C16H22O4. The second kappa shape index (κ2) is 8.38. The first-order chi connectivity index (χ1) is 9.52. The number of esters is 1. The fraction of sp³-hybridized carbons (Fsp3) is 0.438. The molecule has 0 saturated heterocycles. The van der Waals surface area contributed by atoms with E-state index < -0.39 is 12.1 Å². The molecule has 20 heavy (non-hydrogen) atoms. The second-order valence-electron chi connectivity index (χ2n) is 4.82. The van der Waals surface area contributed by atoms with Crippen molar-refractivity contribution < 1.29 is 19.4 Å². The molecule has 1 rings (SSSR count). The molecule has 1 unspecified atom stereocenters. The molecular weight excluding hydrogens is 256 g/mol. The van der Waals surface area contributed by atoms with Crippen LogP contribution in [0.3, 0.4) is 0 Å². The Bertz CT molecular complexity index is 434. The van der Waals surface area contributed by atoms with Gasteiger partial charge in [0.25, 0.3) is 0 Å². The molecule has 0 bridgehead atoms. The molecule has 110 valence electrons. The molecule has 0 aliphatic heterocycles. The summed E-state index contributed by atoms with van der Waals surface area (Å²) >= 11 is 0. The van der Waals surface area contributed by atoms with Crippen LogP contribution in [0.5, 0.6) is 5.75 Å². The molecule has 1 aromatic rings. The first-order valence-corrected chi connectivity index (χ1v) is 6.73. The molecule has 0 radical (unpaired) electrons. The highest BCUT2D eigenvalue weighted by atomic mass is 16.5. The molecule has 1 N–H and O–H groups in total. The highest BCUT2D eigenvalue weighted by Crippen LogP contribution is 2.18. The smallest absolute Gasteiger partial charge is 0.330 e. The molecule has 0 saturated carbocycles. The van der Waals surface area contributed by atoms with Crippen LogP contribution in [0.4, 0.5) is 0 Å². The largest absolute Gasteiger partial charge is 0.491 e. The van der Waals surface area contributed by atoms with E-state index in [9.17, 15) is 9.90 Å². The van der Waals surface area contributed by atoms with Crippen molar-refractivity contribution >= 4 is 5.97 Å². The quantitative estimate of drug-likeness (QED) is 0.615. The third kappa shape index (κ3) is 5.89. The van der Waals surface area contributed by atoms with Gasteiger partial charge >= 0.3 is 5.97 Å². The Labute approximate surface area is 120 Å². The van der Waals surface area contributed by atoms with Crippen molar-refractivity contribution in [3.05, 3.63) is 42.0 Å². The number of benzene rings is 1. The first kappa shape index (κ1) is 16.2. The van der Waals surface area contributed by atoms with Crippen LogP contribution < -0.4 is 4.74 Å². The Morgan fingerprint density at radius 3 is 2.45 bits per heavy atom. The van der Waals surface area contributed by atoms with Crippen LogP contribution in [0.15, 0.2) is 36.4 Å². The maximum atomic E-state index is 11.1. The predicted octanol–water partition coefficient (Wildman–Crippen LogP) is 2.67. The van der Waals surface area contributed by atoms with Gasteiger partial charge in [0, 0.05) is 6.08 Å². The molecule has 0 aromatic heterocycles. The lowest BCUT2D eigenvalue weighted by Gasteiger charge is -2.13. The Hall–Kier alpha value is -1.81. The zero-order valence-corrected chi connectivity index (χ0v) is 12.2. The molecule has 1 atom stereocenters. The van der Waals surface area contributed by atoms with Crippen LogP contribution in [-0.4, -0.2) is 30.4 Å². The van der Waals surface area contributed by atoms with Crippen LogP contribution in [0, 0.1) is 0 Å². The van der Waals surface area contributed by atoms with E-state index in [1.807, 2.05) is 24.3 Å². The van der Waals surface area contributed by atoms with Crippen molar-refractivity contribution in [2.75, 3.05) is 13.2 Å². The normalized spacial score (nSPS) is 12.7. The van der Waals surface area contributed by atoms with Crippen molar-refractivity contribution in [2.45, 2.75) is 32.8 Å². The van der Waals surface area contributed by atoms with Crippen molar-refractivity contribution in [3.63, 3.8) is 0 Å². The minimum Gasteiger partial charge on any atom is -0.491 e. The summed E-state index contributed by atoms with van der Waals surface area (Å²) < 4.78 is 10.3. The van der Waals surface area contributed by atoms with E-state index in [1.54, 1.807) is 13.0 Å². The number of aliphatic hydroxyl groups is 1.